The average molecular weight is 233 g/mol. The summed E-state index contributed by atoms with van der Waals surface area (Å²) < 4.78 is 12.1. The Bertz CT molecular complexity index is 523. The third-order valence-electron chi connectivity index (χ3n) is 2.20. The fourth-order valence-corrected chi connectivity index (χ4v) is 2.64. The number of hydrogen-bond donors (Lipinski definition) is 2. The predicted octanol–water partition coefficient (Wildman–Crippen LogP) is 1.88. The van der Waals surface area contributed by atoms with E-state index < -0.39 is 7.80 Å². The quantitative estimate of drug-likeness (QED) is 0.615. The SMILES string of the molecule is O=[P+](c1ccccc1)c1cccc(O)c1O. The van der Waals surface area contributed by atoms with Crippen LogP contribution in [0.1, 0.15) is 0 Å². The normalized spacial score (nSPS) is 11.1. The van der Waals surface area contributed by atoms with Gasteiger partial charge in [-0.05, 0) is 24.3 Å². The van der Waals surface area contributed by atoms with Gasteiger partial charge in [0.05, 0.1) is 0 Å². The molecule has 0 aliphatic heterocycles. The van der Waals surface area contributed by atoms with Crippen molar-refractivity contribution in [1.29, 1.82) is 0 Å². The summed E-state index contributed by atoms with van der Waals surface area (Å²) in [5.74, 6) is -0.566. The highest BCUT2D eigenvalue weighted by Crippen LogP contribution is 2.30. The van der Waals surface area contributed by atoms with Crippen molar-refractivity contribution in [3.63, 3.8) is 0 Å². The fraction of sp³-hybridized carbons (Fsp3) is 0. The Labute approximate surface area is 93.8 Å². The van der Waals surface area contributed by atoms with Crippen molar-refractivity contribution >= 4 is 18.4 Å². The van der Waals surface area contributed by atoms with Crippen molar-refractivity contribution in [2.45, 2.75) is 0 Å². The molecule has 16 heavy (non-hydrogen) atoms. The van der Waals surface area contributed by atoms with E-state index >= 15 is 0 Å². The molecule has 0 saturated heterocycles. The van der Waals surface area contributed by atoms with E-state index in [1.807, 2.05) is 6.07 Å². The lowest BCUT2D eigenvalue weighted by Crippen LogP contribution is -2.06. The van der Waals surface area contributed by atoms with Gasteiger partial charge >= 0.3 is 7.80 Å². The van der Waals surface area contributed by atoms with E-state index in [0.717, 1.165) is 0 Å². The molecule has 2 N–H and O–H groups in total. The number of phenolic OH excluding ortho intramolecular Hbond substituents is 2. The molecule has 0 aromatic heterocycles. The molecular weight excluding hydrogens is 223 g/mol. The van der Waals surface area contributed by atoms with Gasteiger partial charge in [-0.1, -0.05) is 28.8 Å². The van der Waals surface area contributed by atoms with Gasteiger partial charge < -0.3 is 10.2 Å². The Morgan fingerprint density at radius 2 is 1.56 bits per heavy atom. The van der Waals surface area contributed by atoms with E-state index in [4.69, 9.17) is 0 Å². The third-order valence-corrected chi connectivity index (χ3v) is 3.77. The van der Waals surface area contributed by atoms with Crippen molar-refractivity contribution in [2.75, 3.05) is 0 Å². The molecule has 0 spiro atoms. The van der Waals surface area contributed by atoms with Gasteiger partial charge in [-0.15, -0.1) is 0 Å². The highest BCUT2D eigenvalue weighted by Gasteiger charge is 2.28. The summed E-state index contributed by atoms with van der Waals surface area (Å²) in [4.78, 5) is 0. The molecule has 4 heteroatoms. The van der Waals surface area contributed by atoms with Crippen molar-refractivity contribution in [2.24, 2.45) is 0 Å². The molecule has 0 aliphatic rings. The van der Waals surface area contributed by atoms with Crippen LogP contribution in [-0.4, -0.2) is 10.2 Å². The first-order valence-electron chi connectivity index (χ1n) is 4.73. The molecule has 0 amide bonds. The average Bonchev–Trinajstić information content (AvgIpc) is 2.33. The molecule has 1 unspecified atom stereocenters. The van der Waals surface area contributed by atoms with Gasteiger partial charge in [0.2, 0.25) is 11.1 Å². The van der Waals surface area contributed by atoms with E-state index in [0.29, 0.717) is 5.30 Å². The van der Waals surface area contributed by atoms with Crippen LogP contribution in [0.2, 0.25) is 0 Å². The minimum absolute atomic E-state index is 0.251. The molecular formula is C12H10O3P+. The van der Waals surface area contributed by atoms with Crippen LogP contribution in [0.15, 0.2) is 48.5 Å². The molecule has 2 aromatic carbocycles. The van der Waals surface area contributed by atoms with E-state index in [1.165, 1.54) is 6.07 Å². The van der Waals surface area contributed by atoms with Gasteiger partial charge in [-0.2, -0.15) is 0 Å². The largest absolute Gasteiger partial charge is 0.504 e. The van der Waals surface area contributed by atoms with Crippen LogP contribution < -0.4 is 10.6 Å². The summed E-state index contributed by atoms with van der Waals surface area (Å²) >= 11 is 0. The Morgan fingerprint density at radius 1 is 0.875 bits per heavy atom. The van der Waals surface area contributed by atoms with Crippen LogP contribution in [0, 0.1) is 0 Å². The second kappa shape index (κ2) is 4.33. The van der Waals surface area contributed by atoms with E-state index in [9.17, 15) is 14.8 Å². The minimum Gasteiger partial charge on any atom is -0.504 e. The Morgan fingerprint density at radius 3 is 2.25 bits per heavy atom. The van der Waals surface area contributed by atoms with Crippen LogP contribution in [0.5, 0.6) is 11.5 Å². The number of aromatic hydroxyl groups is 2. The molecule has 0 radical (unpaired) electrons. The Hall–Kier alpha value is -1.86. The second-order valence-corrected chi connectivity index (χ2v) is 4.86. The predicted molar refractivity (Wildman–Crippen MR) is 63.1 cm³/mol. The maximum Gasteiger partial charge on any atom is 0.419 e. The number of rotatable bonds is 2. The summed E-state index contributed by atoms with van der Waals surface area (Å²) in [5, 5.41) is 19.8. The van der Waals surface area contributed by atoms with E-state index in [2.05, 4.69) is 0 Å². The molecule has 0 heterocycles. The Balaban J connectivity index is 2.46. The third kappa shape index (κ3) is 1.90. The van der Waals surface area contributed by atoms with Crippen molar-refractivity contribution < 1.29 is 14.8 Å². The molecule has 0 bridgehead atoms. The molecule has 3 nitrogen and oxygen atoms in total. The first kappa shape index (κ1) is 10.7. The van der Waals surface area contributed by atoms with Gasteiger partial charge in [0, 0.05) is 0 Å². The summed E-state index contributed by atoms with van der Waals surface area (Å²) in [7, 11) is -1.87. The molecule has 0 aliphatic carbocycles. The van der Waals surface area contributed by atoms with Crippen LogP contribution in [0.25, 0.3) is 0 Å². The van der Waals surface area contributed by atoms with Crippen molar-refractivity contribution in [3.05, 3.63) is 48.5 Å². The number of benzene rings is 2. The van der Waals surface area contributed by atoms with E-state index in [-0.39, 0.29) is 16.8 Å². The van der Waals surface area contributed by atoms with Crippen LogP contribution in [0.4, 0.5) is 0 Å². The number of hydrogen-bond acceptors (Lipinski definition) is 3. The zero-order valence-electron chi connectivity index (χ0n) is 8.37. The maximum atomic E-state index is 12.1. The van der Waals surface area contributed by atoms with Crippen molar-refractivity contribution in [3.8, 4) is 11.5 Å². The second-order valence-electron chi connectivity index (χ2n) is 3.27. The summed E-state index contributed by atoms with van der Waals surface area (Å²) in [5.41, 5.74) is 0. The van der Waals surface area contributed by atoms with E-state index in [1.54, 1.807) is 36.4 Å². The fourth-order valence-electron chi connectivity index (χ4n) is 1.39. The lowest BCUT2D eigenvalue weighted by atomic mass is 10.3. The smallest absolute Gasteiger partial charge is 0.419 e. The number of para-hydroxylation sites is 1. The zero-order chi connectivity index (χ0) is 11.5. The molecule has 0 saturated carbocycles. The standard InChI is InChI=1S/C12H9O3P/c13-10-7-4-8-11(12(10)14)16(15)9-5-2-1-3-6-9/h1-8H,(H-,13,14,15)/p+1. The van der Waals surface area contributed by atoms with Gasteiger partial charge in [0.1, 0.15) is 0 Å². The van der Waals surface area contributed by atoms with Crippen LogP contribution in [0.3, 0.4) is 0 Å². The minimum atomic E-state index is -1.87. The number of phenols is 2. The Kier molecular flexibility index (Phi) is 2.88. The summed E-state index contributed by atoms with van der Waals surface area (Å²) in [6, 6.07) is 13.3. The lowest BCUT2D eigenvalue weighted by molar-refractivity contribution is 0.406. The highest BCUT2D eigenvalue weighted by atomic mass is 31.1. The van der Waals surface area contributed by atoms with Crippen LogP contribution in [-0.2, 0) is 4.57 Å². The topological polar surface area (TPSA) is 57.5 Å². The maximum absolute atomic E-state index is 12.1. The lowest BCUT2D eigenvalue weighted by Gasteiger charge is -1.96. The first-order chi connectivity index (χ1) is 7.70. The van der Waals surface area contributed by atoms with Gasteiger partial charge in [0.15, 0.2) is 11.1 Å². The van der Waals surface area contributed by atoms with Gasteiger partial charge in [-0.3, -0.25) is 0 Å². The summed E-state index contributed by atoms with van der Waals surface area (Å²) in [6.07, 6.45) is 0. The van der Waals surface area contributed by atoms with Gasteiger partial charge in [0.25, 0.3) is 0 Å². The molecule has 80 valence electrons. The molecule has 0 fully saturated rings. The monoisotopic (exact) mass is 233 g/mol. The zero-order valence-corrected chi connectivity index (χ0v) is 9.26. The molecule has 2 aromatic rings. The van der Waals surface area contributed by atoms with Crippen molar-refractivity contribution in [1.82, 2.24) is 0 Å². The first-order valence-corrected chi connectivity index (χ1v) is 5.99. The molecule has 2 rings (SSSR count). The van der Waals surface area contributed by atoms with Gasteiger partial charge in [-0.25, -0.2) is 0 Å². The van der Waals surface area contributed by atoms with Crippen LogP contribution >= 0.6 is 7.80 Å². The summed E-state index contributed by atoms with van der Waals surface area (Å²) in [6.45, 7) is 0. The molecule has 1 atom stereocenters. The highest BCUT2D eigenvalue weighted by molar-refractivity contribution is 7.61.